The van der Waals surface area contributed by atoms with Crippen LogP contribution in [0.3, 0.4) is 0 Å². The second-order valence-corrected chi connectivity index (χ2v) is 6.58. The summed E-state index contributed by atoms with van der Waals surface area (Å²) in [6, 6.07) is 12.4. The molecular weight excluding hydrogens is 360 g/mol. The predicted molar refractivity (Wildman–Crippen MR) is 103 cm³/mol. The van der Waals surface area contributed by atoms with E-state index in [1.54, 1.807) is 14.0 Å². The minimum absolute atomic E-state index is 0.165. The molecule has 2 amide bonds. The number of ether oxygens (including phenoxy) is 3. The van der Waals surface area contributed by atoms with Crippen LogP contribution in [0.5, 0.6) is 17.2 Å². The highest BCUT2D eigenvalue weighted by molar-refractivity contribution is 5.86. The molecule has 1 N–H and O–H groups in total. The van der Waals surface area contributed by atoms with Crippen molar-refractivity contribution < 1.29 is 23.8 Å². The molecule has 1 atom stereocenters. The largest absolute Gasteiger partial charge is 0.497 e. The van der Waals surface area contributed by atoms with Crippen LogP contribution in [0.4, 0.5) is 0 Å². The molecule has 0 bridgehead atoms. The zero-order chi connectivity index (χ0) is 20.1. The molecular formula is C21H24N2O5. The highest BCUT2D eigenvalue weighted by atomic mass is 16.7. The van der Waals surface area contributed by atoms with E-state index in [4.69, 9.17) is 14.2 Å². The molecule has 7 heteroatoms. The van der Waals surface area contributed by atoms with E-state index in [0.717, 1.165) is 16.9 Å². The third kappa shape index (κ3) is 4.54. The fourth-order valence-corrected chi connectivity index (χ4v) is 2.98. The van der Waals surface area contributed by atoms with Crippen LogP contribution in [-0.4, -0.2) is 36.7 Å². The average Bonchev–Trinajstić information content (AvgIpc) is 3.17. The standard InChI is InChI=1S/C21H24N2O5/c1-14(23(15(2)24)12-16-4-7-18(26-3)8-5-16)21(25)22-11-17-6-9-19-20(10-17)28-13-27-19/h4-10,14H,11-13H2,1-3H3,(H,22,25)/t14-/m0/s1. The third-order valence-electron chi connectivity index (χ3n) is 4.67. The fourth-order valence-electron chi connectivity index (χ4n) is 2.98. The lowest BCUT2D eigenvalue weighted by atomic mass is 10.1. The number of fused-ring (bicyclic) bond motifs is 1. The van der Waals surface area contributed by atoms with Gasteiger partial charge in [-0.1, -0.05) is 18.2 Å². The number of benzene rings is 2. The summed E-state index contributed by atoms with van der Waals surface area (Å²) in [6.07, 6.45) is 0. The Morgan fingerprint density at radius 1 is 1.11 bits per heavy atom. The monoisotopic (exact) mass is 384 g/mol. The SMILES string of the molecule is COc1ccc(CN(C(C)=O)[C@@H](C)C(=O)NCc2ccc3c(c2)OCO3)cc1. The van der Waals surface area contributed by atoms with Crippen LogP contribution in [-0.2, 0) is 22.7 Å². The number of rotatable bonds is 7. The normalized spacial score (nSPS) is 13.0. The Bertz CT molecular complexity index is 850. The van der Waals surface area contributed by atoms with Gasteiger partial charge in [-0.15, -0.1) is 0 Å². The van der Waals surface area contributed by atoms with Gasteiger partial charge in [-0.25, -0.2) is 0 Å². The summed E-state index contributed by atoms with van der Waals surface area (Å²) in [4.78, 5) is 26.3. The van der Waals surface area contributed by atoms with Crippen LogP contribution in [0.15, 0.2) is 42.5 Å². The van der Waals surface area contributed by atoms with Crippen LogP contribution in [0, 0.1) is 0 Å². The topological polar surface area (TPSA) is 77.1 Å². The lowest BCUT2D eigenvalue weighted by molar-refractivity contribution is -0.139. The molecule has 0 aromatic heterocycles. The van der Waals surface area contributed by atoms with E-state index < -0.39 is 6.04 Å². The highest BCUT2D eigenvalue weighted by Gasteiger charge is 2.24. The van der Waals surface area contributed by atoms with Crippen molar-refractivity contribution in [3.05, 3.63) is 53.6 Å². The summed E-state index contributed by atoms with van der Waals surface area (Å²) in [5, 5.41) is 2.88. The van der Waals surface area contributed by atoms with Crippen molar-refractivity contribution in [2.75, 3.05) is 13.9 Å². The number of carbonyl (C=O) groups is 2. The van der Waals surface area contributed by atoms with Gasteiger partial charge in [0.2, 0.25) is 18.6 Å². The first-order chi connectivity index (χ1) is 13.5. The Morgan fingerprint density at radius 3 is 2.46 bits per heavy atom. The van der Waals surface area contributed by atoms with E-state index in [0.29, 0.717) is 24.6 Å². The fraction of sp³-hybridized carbons (Fsp3) is 0.333. The van der Waals surface area contributed by atoms with Gasteiger partial charge < -0.3 is 24.4 Å². The van der Waals surface area contributed by atoms with Gasteiger partial charge >= 0.3 is 0 Å². The number of nitrogens with one attached hydrogen (secondary N) is 1. The first kappa shape index (κ1) is 19.5. The number of nitrogens with zero attached hydrogens (tertiary/aromatic N) is 1. The second kappa shape index (κ2) is 8.65. The number of methoxy groups -OCH3 is 1. The zero-order valence-corrected chi connectivity index (χ0v) is 16.2. The Balaban J connectivity index is 1.60. The summed E-state index contributed by atoms with van der Waals surface area (Å²) in [7, 11) is 1.60. The molecule has 0 aliphatic carbocycles. The average molecular weight is 384 g/mol. The molecule has 0 saturated heterocycles. The van der Waals surface area contributed by atoms with Crippen molar-refractivity contribution in [3.8, 4) is 17.2 Å². The molecule has 2 aromatic carbocycles. The zero-order valence-electron chi connectivity index (χ0n) is 16.2. The smallest absolute Gasteiger partial charge is 0.242 e. The molecule has 0 spiro atoms. The van der Waals surface area contributed by atoms with Gasteiger partial charge in [0, 0.05) is 20.0 Å². The summed E-state index contributed by atoms with van der Waals surface area (Å²) in [5.41, 5.74) is 1.82. The summed E-state index contributed by atoms with van der Waals surface area (Å²) in [5.74, 6) is 1.73. The summed E-state index contributed by atoms with van der Waals surface area (Å²) >= 11 is 0. The molecule has 148 valence electrons. The van der Waals surface area contributed by atoms with Gasteiger partial charge in [0.05, 0.1) is 7.11 Å². The van der Waals surface area contributed by atoms with E-state index in [1.165, 1.54) is 11.8 Å². The van der Waals surface area contributed by atoms with Gasteiger partial charge in [0.15, 0.2) is 11.5 Å². The van der Waals surface area contributed by atoms with Crippen molar-refractivity contribution in [2.24, 2.45) is 0 Å². The van der Waals surface area contributed by atoms with Gasteiger partial charge in [-0.2, -0.15) is 0 Å². The molecule has 0 fully saturated rings. The van der Waals surface area contributed by atoms with E-state index in [2.05, 4.69) is 5.32 Å². The number of hydrogen-bond donors (Lipinski definition) is 1. The molecule has 0 radical (unpaired) electrons. The molecule has 2 aromatic rings. The minimum Gasteiger partial charge on any atom is -0.497 e. The third-order valence-corrected chi connectivity index (χ3v) is 4.67. The van der Waals surface area contributed by atoms with Crippen LogP contribution >= 0.6 is 0 Å². The maximum Gasteiger partial charge on any atom is 0.242 e. The van der Waals surface area contributed by atoms with Gasteiger partial charge in [-0.3, -0.25) is 9.59 Å². The molecule has 0 saturated carbocycles. The molecule has 1 aliphatic heterocycles. The Labute approximate surface area is 164 Å². The first-order valence-electron chi connectivity index (χ1n) is 9.04. The van der Waals surface area contributed by atoms with Gasteiger partial charge in [0.25, 0.3) is 0 Å². The van der Waals surface area contributed by atoms with Crippen molar-refractivity contribution in [2.45, 2.75) is 33.0 Å². The van der Waals surface area contributed by atoms with E-state index in [9.17, 15) is 9.59 Å². The van der Waals surface area contributed by atoms with E-state index in [1.807, 2.05) is 42.5 Å². The van der Waals surface area contributed by atoms with Crippen LogP contribution < -0.4 is 19.5 Å². The van der Waals surface area contributed by atoms with E-state index >= 15 is 0 Å². The highest BCUT2D eigenvalue weighted by Crippen LogP contribution is 2.32. The Kier molecular flexibility index (Phi) is 6.03. The van der Waals surface area contributed by atoms with Crippen LogP contribution in [0.25, 0.3) is 0 Å². The van der Waals surface area contributed by atoms with Crippen molar-refractivity contribution in [1.29, 1.82) is 0 Å². The summed E-state index contributed by atoms with van der Waals surface area (Å²) < 4.78 is 15.8. The Hall–Kier alpha value is -3.22. The van der Waals surface area contributed by atoms with E-state index in [-0.39, 0.29) is 18.6 Å². The van der Waals surface area contributed by atoms with Crippen molar-refractivity contribution in [3.63, 3.8) is 0 Å². The lowest BCUT2D eigenvalue weighted by Gasteiger charge is -2.27. The number of carbonyl (C=O) groups excluding carboxylic acids is 2. The molecule has 3 rings (SSSR count). The van der Waals surface area contributed by atoms with Crippen LogP contribution in [0.2, 0.25) is 0 Å². The van der Waals surface area contributed by atoms with Crippen molar-refractivity contribution >= 4 is 11.8 Å². The van der Waals surface area contributed by atoms with Gasteiger partial charge in [-0.05, 0) is 42.3 Å². The predicted octanol–water partition coefficient (Wildman–Crippen LogP) is 2.48. The molecule has 1 heterocycles. The molecule has 28 heavy (non-hydrogen) atoms. The maximum atomic E-state index is 12.6. The minimum atomic E-state index is -0.603. The maximum absolute atomic E-state index is 12.6. The molecule has 7 nitrogen and oxygen atoms in total. The summed E-state index contributed by atoms with van der Waals surface area (Å²) in [6.45, 7) is 4.08. The van der Waals surface area contributed by atoms with Crippen LogP contribution in [0.1, 0.15) is 25.0 Å². The van der Waals surface area contributed by atoms with Gasteiger partial charge in [0.1, 0.15) is 11.8 Å². The quantitative estimate of drug-likeness (QED) is 0.794. The second-order valence-electron chi connectivity index (χ2n) is 6.58. The number of amides is 2. The Morgan fingerprint density at radius 2 is 1.79 bits per heavy atom. The first-order valence-corrected chi connectivity index (χ1v) is 9.04. The molecule has 0 unspecified atom stereocenters. The lowest BCUT2D eigenvalue weighted by Crippen LogP contribution is -2.46. The van der Waals surface area contributed by atoms with Crippen molar-refractivity contribution in [1.82, 2.24) is 10.2 Å². The number of hydrogen-bond acceptors (Lipinski definition) is 5. The molecule has 1 aliphatic rings.